The Morgan fingerprint density at radius 2 is 1.96 bits per heavy atom. The van der Waals surface area contributed by atoms with Gasteiger partial charge in [-0.15, -0.1) is 0 Å². The van der Waals surface area contributed by atoms with Crippen molar-refractivity contribution < 1.29 is 9.53 Å². The summed E-state index contributed by atoms with van der Waals surface area (Å²) in [4.78, 5) is 12.4. The van der Waals surface area contributed by atoms with Gasteiger partial charge in [0, 0.05) is 5.41 Å². The van der Waals surface area contributed by atoms with Crippen molar-refractivity contribution in [1.29, 1.82) is 0 Å². The van der Waals surface area contributed by atoms with Gasteiger partial charge in [-0.2, -0.15) is 0 Å². The van der Waals surface area contributed by atoms with Crippen molar-refractivity contribution in [3.63, 3.8) is 0 Å². The van der Waals surface area contributed by atoms with E-state index in [0.717, 1.165) is 18.4 Å². The Labute approximate surface area is 139 Å². The topological polar surface area (TPSA) is 26.3 Å². The molecule has 2 aliphatic carbocycles. The monoisotopic (exact) mass is 310 g/mol. The van der Waals surface area contributed by atoms with Crippen LogP contribution in [-0.2, 0) is 9.53 Å². The molecule has 0 saturated heterocycles. The molecule has 1 aromatic rings. The second-order valence-corrected chi connectivity index (χ2v) is 7.77. The van der Waals surface area contributed by atoms with Gasteiger partial charge >= 0.3 is 5.97 Å². The first-order valence-corrected chi connectivity index (χ1v) is 8.47. The molecule has 2 saturated carbocycles. The first kappa shape index (κ1) is 16.0. The number of esters is 1. The number of hydrogen-bond donors (Lipinski definition) is 0. The molecule has 2 bridgehead atoms. The number of ether oxygens (including phenoxy) is 1. The highest BCUT2D eigenvalue weighted by molar-refractivity contribution is 5.92. The van der Waals surface area contributed by atoms with Gasteiger partial charge in [-0.3, -0.25) is 0 Å². The summed E-state index contributed by atoms with van der Waals surface area (Å²) in [5, 5.41) is 0. The number of rotatable bonds is 4. The minimum atomic E-state index is -0.285. The zero-order valence-electron chi connectivity index (χ0n) is 14.3. The first-order valence-electron chi connectivity index (χ1n) is 8.47. The molecule has 0 radical (unpaired) electrons. The smallest absolute Gasteiger partial charge is 0.337 e. The van der Waals surface area contributed by atoms with E-state index in [0.29, 0.717) is 11.5 Å². The summed E-state index contributed by atoms with van der Waals surface area (Å²) in [6, 6.07) is 9.90. The predicted octanol–water partition coefficient (Wildman–Crippen LogP) is 5.01. The van der Waals surface area contributed by atoms with Gasteiger partial charge in [0.05, 0.1) is 5.57 Å². The van der Waals surface area contributed by atoms with Crippen LogP contribution in [0.3, 0.4) is 0 Å². The molecule has 1 unspecified atom stereocenters. The van der Waals surface area contributed by atoms with Gasteiger partial charge in [0.2, 0.25) is 0 Å². The summed E-state index contributed by atoms with van der Waals surface area (Å²) < 4.78 is 5.84. The largest absolute Gasteiger partial charge is 0.458 e. The highest BCUT2D eigenvalue weighted by Gasteiger charge is 2.62. The Hall–Kier alpha value is -1.83. The fourth-order valence-corrected chi connectivity index (χ4v) is 4.34. The van der Waals surface area contributed by atoms with Crippen LogP contribution in [0.5, 0.6) is 0 Å². The van der Waals surface area contributed by atoms with E-state index < -0.39 is 0 Å². The third kappa shape index (κ3) is 2.65. The fraction of sp³-hybridized carbons (Fsp3) is 0.476. The Morgan fingerprint density at radius 1 is 1.26 bits per heavy atom. The van der Waals surface area contributed by atoms with E-state index in [4.69, 9.17) is 4.74 Å². The van der Waals surface area contributed by atoms with E-state index in [9.17, 15) is 4.79 Å². The SMILES string of the molecule is C=C(C=Cc1ccccc1)C(=O)OC1C[C@H]2CC[C@@]1(C)C2(C)C. The van der Waals surface area contributed by atoms with E-state index in [2.05, 4.69) is 27.4 Å². The molecule has 0 amide bonds. The third-order valence-electron chi connectivity index (χ3n) is 6.50. The van der Waals surface area contributed by atoms with E-state index in [1.165, 1.54) is 6.42 Å². The Balaban J connectivity index is 1.64. The van der Waals surface area contributed by atoms with Gasteiger partial charge in [0.15, 0.2) is 0 Å². The zero-order chi connectivity index (χ0) is 16.7. The summed E-state index contributed by atoms with van der Waals surface area (Å²) in [5.41, 5.74) is 1.81. The first-order chi connectivity index (χ1) is 10.8. The van der Waals surface area contributed by atoms with Crippen LogP contribution in [-0.4, -0.2) is 12.1 Å². The normalized spacial score (nSPS) is 31.4. The molecule has 122 valence electrons. The van der Waals surface area contributed by atoms with Gasteiger partial charge in [-0.05, 0) is 42.2 Å². The molecule has 3 atom stereocenters. The standard InChI is InChI=1S/C21H26O2/c1-15(10-11-16-8-6-5-7-9-16)19(22)23-18-14-17-12-13-21(18,4)20(17,2)3/h5-11,17-18H,1,12-14H2,2-4H3/t17-,18?,21-/m1/s1. The molecular formula is C21H26O2. The quantitative estimate of drug-likeness (QED) is 0.444. The summed E-state index contributed by atoms with van der Waals surface area (Å²) in [5.74, 6) is 0.380. The molecule has 2 fully saturated rings. The molecule has 23 heavy (non-hydrogen) atoms. The van der Waals surface area contributed by atoms with Crippen LogP contribution in [0.25, 0.3) is 6.08 Å². The lowest BCUT2D eigenvalue weighted by atomic mass is 9.70. The Bertz CT molecular complexity index is 641. The predicted molar refractivity (Wildman–Crippen MR) is 93.7 cm³/mol. The summed E-state index contributed by atoms with van der Waals surface area (Å²) >= 11 is 0. The van der Waals surface area contributed by atoms with Crippen LogP contribution >= 0.6 is 0 Å². The molecule has 0 aromatic heterocycles. The maximum absolute atomic E-state index is 12.4. The van der Waals surface area contributed by atoms with Crippen LogP contribution in [0, 0.1) is 16.7 Å². The minimum absolute atomic E-state index is 0.0191. The lowest BCUT2D eigenvalue weighted by Gasteiger charge is -2.38. The molecule has 0 spiro atoms. The van der Waals surface area contributed by atoms with E-state index in [1.54, 1.807) is 6.08 Å². The lowest BCUT2D eigenvalue weighted by molar-refractivity contribution is -0.151. The minimum Gasteiger partial charge on any atom is -0.458 e. The van der Waals surface area contributed by atoms with Crippen molar-refractivity contribution in [2.24, 2.45) is 16.7 Å². The molecule has 2 aliphatic rings. The maximum Gasteiger partial charge on any atom is 0.337 e. The van der Waals surface area contributed by atoms with Gasteiger partial charge in [0.25, 0.3) is 0 Å². The Kier molecular flexibility index (Phi) is 3.95. The van der Waals surface area contributed by atoms with Crippen LogP contribution in [0.4, 0.5) is 0 Å². The van der Waals surface area contributed by atoms with Crippen molar-refractivity contribution in [3.8, 4) is 0 Å². The summed E-state index contributed by atoms with van der Waals surface area (Å²) in [6.45, 7) is 10.8. The molecule has 2 heteroatoms. The van der Waals surface area contributed by atoms with Gasteiger partial charge in [-0.1, -0.05) is 63.8 Å². The average Bonchev–Trinajstić information content (AvgIpc) is 2.87. The molecule has 0 heterocycles. The molecular weight excluding hydrogens is 284 g/mol. The summed E-state index contributed by atoms with van der Waals surface area (Å²) in [7, 11) is 0. The van der Waals surface area contributed by atoms with Crippen molar-refractivity contribution >= 4 is 12.0 Å². The Morgan fingerprint density at radius 3 is 2.52 bits per heavy atom. The fourth-order valence-electron chi connectivity index (χ4n) is 4.34. The zero-order valence-corrected chi connectivity index (χ0v) is 14.3. The van der Waals surface area contributed by atoms with Gasteiger partial charge in [0.1, 0.15) is 6.10 Å². The van der Waals surface area contributed by atoms with Crippen molar-refractivity contribution in [1.82, 2.24) is 0 Å². The highest BCUT2D eigenvalue weighted by atomic mass is 16.5. The van der Waals surface area contributed by atoms with E-state index in [1.807, 2.05) is 36.4 Å². The van der Waals surface area contributed by atoms with Crippen molar-refractivity contribution in [2.75, 3.05) is 0 Å². The second kappa shape index (κ2) is 5.67. The van der Waals surface area contributed by atoms with Crippen LogP contribution < -0.4 is 0 Å². The number of carbonyl (C=O) groups excluding carboxylic acids is 1. The highest BCUT2D eigenvalue weighted by Crippen LogP contribution is 2.66. The third-order valence-corrected chi connectivity index (χ3v) is 6.50. The van der Waals surface area contributed by atoms with Crippen LogP contribution in [0.1, 0.15) is 45.6 Å². The van der Waals surface area contributed by atoms with Crippen LogP contribution in [0.2, 0.25) is 0 Å². The molecule has 0 N–H and O–H groups in total. The summed E-state index contributed by atoms with van der Waals surface area (Å²) in [6.07, 6.45) is 7.06. The lowest BCUT2D eigenvalue weighted by Crippen LogP contribution is -2.38. The van der Waals surface area contributed by atoms with Gasteiger partial charge < -0.3 is 4.74 Å². The van der Waals surface area contributed by atoms with E-state index >= 15 is 0 Å². The van der Waals surface area contributed by atoms with E-state index in [-0.39, 0.29) is 22.9 Å². The molecule has 2 nitrogen and oxygen atoms in total. The van der Waals surface area contributed by atoms with Crippen molar-refractivity contribution in [3.05, 3.63) is 54.1 Å². The molecule has 3 rings (SSSR count). The van der Waals surface area contributed by atoms with Gasteiger partial charge in [-0.25, -0.2) is 4.79 Å². The molecule has 1 aromatic carbocycles. The number of fused-ring (bicyclic) bond motifs is 2. The average molecular weight is 310 g/mol. The number of benzene rings is 1. The maximum atomic E-state index is 12.4. The second-order valence-electron chi connectivity index (χ2n) is 7.77. The van der Waals surface area contributed by atoms with Crippen LogP contribution in [0.15, 0.2) is 48.6 Å². The number of hydrogen-bond acceptors (Lipinski definition) is 2. The van der Waals surface area contributed by atoms with Crippen molar-refractivity contribution in [2.45, 2.75) is 46.1 Å². The molecule has 0 aliphatic heterocycles. The number of carbonyl (C=O) groups is 1.